The zero-order chi connectivity index (χ0) is 17.1. The van der Waals surface area contributed by atoms with Crippen molar-refractivity contribution >= 4 is 33.9 Å². The van der Waals surface area contributed by atoms with Crippen LogP contribution in [0.1, 0.15) is 16.6 Å². The van der Waals surface area contributed by atoms with Crippen molar-refractivity contribution in [1.29, 1.82) is 0 Å². The van der Waals surface area contributed by atoms with Crippen LogP contribution in [0.25, 0.3) is 0 Å². The number of carbonyl (C=O) groups is 1. The molecule has 1 saturated heterocycles. The molecule has 1 fully saturated rings. The summed E-state index contributed by atoms with van der Waals surface area (Å²) in [4.78, 5) is 20.8. The Morgan fingerprint density at radius 1 is 1.29 bits per heavy atom. The molecule has 6 nitrogen and oxygen atoms in total. The molecule has 3 rings (SSSR count). The maximum atomic E-state index is 13.9. The summed E-state index contributed by atoms with van der Waals surface area (Å²) in [6, 6.07) is 6.74. The monoisotopic (exact) mass is 350 g/mol. The molecular formula is C16H19FN4O2S. The smallest absolute Gasteiger partial charge is 0.352 e. The highest BCUT2D eigenvalue weighted by Crippen LogP contribution is 2.30. The van der Waals surface area contributed by atoms with Gasteiger partial charge in [-0.1, -0.05) is 23.5 Å². The number of hydrogen-bond donors (Lipinski definition) is 1. The van der Waals surface area contributed by atoms with Crippen molar-refractivity contribution in [1.82, 2.24) is 4.98 Å². The number of esters is 1. The Labute approximate surface area is 143 Å². The lowest BCUT2D eigenvalue weighted by Gasteiger charge is -2.36. The Bertz CT molecular complexity index is 729. The average molecular weight is 350 g/mol. The first kappa shape index (κ1) is 16.5. The maximum absolute atomic E-state index is 13.9. The van der Waals surface area contributed by atoms with E-state index in [4.69, 9.17) is 10.5 Å². The molecule has 1 aliphatic heterocycles. The third kappa shape index (κ3) is 3.28. The third-order valence-corrected chi connectivity index (χ3v) is 4.71. The second kappa shape index (κ2) is 7.04. The first-order chi connectivity index (χ1) is 11.6. The van der Waals surface area contributed by atoms with Gasteiger partial charge >= 0.3 is 5.97 Å². The molecule has 0 saturated carbocycles. The molecule has 0 aliphatic carbocycles. The van der Waals surface area contributed by atoms with Gasteiger partial charge in [0, 0.05) is 26.2 Å². The van der Waals surface area contributed by atoms with Crippen LogP contribution in [0.15, 0.2) is 24.3 Å². The van der Waals surface area contributed by atoms with Crippen LogP contribution in [0, 0.1) is 5.82 Å². The molecule has 0 atom stereocenters. The number of thiazole rings is 1. The number of piperazine rings is 1. The first-order valence-corrected chi connectivity index (χ1v) is 8.59. The predicted molar refractivity (Wildman–Crippen MR) is 93.3 cm³/mol. The van der Waals surface area contributed by atoms with E-state index in [2.05, 4.69) is 4.98 Å². The fourth-order valence-electron chi connectivity index (χ4n) is 2.74. The lowest BCUT2D eigenvalue weighted by molar-refractivity contribution is 0.0532. The zero-order valence-corrected chi connectivity index (χ0v) is 14.2. The van der Waals surface area contributed by atoms with Gasteiger partial charge in [0.05, 0.1) is 12.3 Å². The summed E-state index contributed by atoms with van der Waals surface area (Å²) in [6.45, 7) is 4.60. The first-order valence-electron chi connectivity index (χ1n) is 7.78. The molecule has 8 heteroatoms. The Morgan fingerprint density at radius 3 is 2.62 bits per heavy atom. The van der Waals surface area contributed by atoms with E-state index in [0.29, 0.717) is 54.3 Å². The van der Waals surface area contributed by atoms with Crippen LogP contribution in [0.5, 0.6) is 0 Å². The zero-order valence-electron chi connectivity index (χ0n) is 13.4. The van der Waals surface area contributed by atoms with Crippen LogP contribution in [0.2, 0.25) is 0 Å². The summed E-state index contributed by atoms with van der Waals surface area (Å²) < 4.78 is 19.0. The Morgan fingerprint density at radius 2 is 1.96 bits per heavy atom. The van der Waals surface area contributed by atoms with E-state index < -0.39 is 5.97 Å². The van der Waals surface area contributed by atoms with Gasteiger partial charge in [-0.3, -0.25) is 0 Å². The third-order valence-electron chi connectivity index (χ3n) is 3.86. The van der Waals surface area contributed by atoms with Gasteiger partial charge in [-0.2, -0.15) is 0 Å². The predicted octanol–water partition coefficient (Wildman–Crippen LogP) is 2.37. The van der Waals surface area contributed by atoms with Crippen molar-refractivity contribution < 1.29 is 13.9 Å². The number of para-hydroxylation sites is 1. The van der Waals surface area contributed by atoms with Crippen LogP contribution in [-0.2, 0) is 4.74 Å². The number of carbonyl (C=O) groups excluding carboxylic acids is 1. The Balaban J connectivity index is 1.73. The van der Waals surface area contributed by atoms with Crippen molar-refractivity contribution in [2.75, 3.05) is 48.3 Å². The molecule has 0 spiro atoms. The van der Waals surface area contributed by atoms with Crippen molar-refractivity contribution in [3.05, 3.63) is 35.0 Å². The summed E-state index contributed by atoms with van der Waals surface area (Å²) >= 11 is 1.13. The lowest BCUT2D eigenvalue weighted by atomic mass is 10.2. The van der Waals surface area contributed by atoms with Gasteiger partial charge in [-0.25, -0.2) is 14.2 Å². The van der Waals surface area contributed by atoms with E-state index in [9.17, 15) is 9.18 Å². The van der Waals surface area contributed by atoms with Gasteiger partial charge in [0.25, 0.3) is 0 Å². The van der Waals surface area contributed by atoms with Gasteiger partial charge in [-0.15, -0.1) is 0 Å². The molecule has 1 aromatic carbocycles. The highest BCUT2D eigenvalue weighted by Gasteiger charge is 2.26. The minimum atomic E-state index is -0.404. The summed E-state index contributed by atoms with van der Waals surface area (Å²) in [5.74, 6) is -0.0709. The van der Waals surface area contributed by atoms with Crippen molar-refractivity contribution in [3.63, 3.8) is 0 Å². The Kier molecular flexibility index (Phi) is 4.84. The van der Waals surface area contributed by atoms with Crippen LogP contribution in [0.4, 0.5) is 21.0 Å². The van der Waals surface area contributed by atoms with Crippen LogP contribution in [-0.4, -0.2) is 43.7 Å². The number of halogens is 1. The molecule has 0 bridgehead atoms. The quantitative estimate of drug-likeness (QED) is 0.854. The van der Waals surface area contributed by atoms with Gasteiger partial charge < -0.3 is 20.3 Å². The molecule has 1 aromatic heterocycles. The fraction of sp³-hybridized carbons (Fsp3) is 0.375. The number of nitrogens with zero attached hydrogens (tertiary/aromatic N) is 3. The fourth-order valence-corrected chi connectivity index (χ4v) is 3.49. The minimum Gasteiger partial charge on any atom is -0.462 e. The second-order valence-corrected chi connectivity index (χ2v) is 6.38. The van der Waals surface area contributed by atoms with E-state index >= 15 is 0 Å². The number of anilines is 3. The number of aromatic nitrogens is 1. The van der Waals surface area contributed by atoms with Crippen molar-refractivity contribution in [2.24, 2.45) is 0 Å². The van der Waals surface area contributed by atoms with Crippen molar-refractivity contribution in [2.45, 2.75) is 6.92 Å². The number of rotatable bonds is 4. The molecular weight excluding hydrogens is 331 g/mol. The van der Waals surface area contributed by atoms with Crippen molar-refractivity contribution in [3.8, 4) is 0 Å². The SMILES string of the molecule is CCOC(=O)c1sc(N)nc1N1CCN(c2ccccc2F)CC1. The van der Waals surface area contributed by atoms with Gasteiger partial charge in [-0.05, 0) is 19.1 Å². The molecule has 2 N–H and O–H groups in total. The van der Waals surface area contributed by atoms with Gasteiger partial charge in [0.2, 0.25) is 0 Å². The molecule has 2 heterocycles. The van der Waals surface area contributed by atoms with Crippen LogP contribution >= 0.6 is 11.3 Å². The lowest BCUT2D eigenvalue weighted by Crippen LogP contribution is -2.47. The number of ether oxygens (including phenoxy) is 1. The average Bonchev–Trinajstić information content (AvgIpc) is 2.98. The number of hydrogen-bond acceptors (Lipinski definition) is 7. The molecule has 1 aliphatic rings. The van der Waals surface area contributed by atoms with Crippen LogP contribution < -0.4 is 15.5 Å². The second-order valence-electron chi connectivity index (χ2n) is 5.35. The normalized spacial score (nSPS) is 14.8. The summed E-state index contributed by atoms with van der Waals surface area (Å²) in [5.41, 5.74) is 6.37. The van der Waals surface area contributed by atoms with E-state index in [1.807, 2.05) is 15.9 Å². The largest absolute Gasteiger partial charge is 0.462 e. The number of nitrogen functional groups attached to an aromatic ring is 1. The van der Waals surface area contributed by atoms with E-state index in [0.717, 1.165) is 11.3 Å². The molecule has 0 radical (unpaired) electrons. The minimum absolute atomic E-state index is 0.226. The number of benzene rings is 1. The summed E-state index contributed by atoms with van der Waals surface area (Å²) in [5, 5.41) is 0.338. The van der Waals surface area contributed by atoms with E-state index in [1.165, 1.54) is 6.07 Å². The molecule has 0 amide bonds. The highest BCUT2D eigenvalue weighted by molar-refractivity contribution is 7.17. The summed E-state index contributed by atoms with van der Waals surface area (Å²) in [6.07, 6.45) is 0. The van der Waals surface area contributed by atoms with Gasteiger partial charge in [0.1, 0.15) is 5.82 Å². The molecule has 24 heavy (non-hydrogen) atoms. The summed E-state index contributed by atoms with van der Waals surface area (Å²) in [7, 11) is 0. The topological polar surface area (TPSA) is 71.7 Å². The van der Waals surface area contributed by atoms with Crippen LogP contribution in [0.3, 0.4) is 0 Å². The molecule has 0 unspecified atom stereocenters. The standard InChI is InChI=1S/C16H19FN4O2S/c1-2-23-15(22)13-14(19-16(18)24-13)21-9-7-20(8-10-21)12-6-4-3-5-11(12)17/h3-6H,2,7-10H2,1H3,(H2,18,19). The maximum Gasteiger partial charge on any atom is 0.352 e. The molecule has 2 aromatic rings. The van der Waals surface area contributed by atoms with Gasteiger partial charge in [0.15, 0.2) is 15.8 Å². The highest BCUT2D eigenvalue weighted by atomic mass is 32.1. The molecule has 128 valence electrons. The Hall–Kier alpha value is -2.35. The van der Waals surface area contributed by atoms with E-state index in [-0.39, 0.29) is 5.82 Å². The van der Waals surface area contributed by atoms with E-state index in [1.54, 1.807) is 19.1 Å². The number of nitrogens with two attached hydrogens (primary N) is 1.